The van der Waals surface area contributed by atoms with E-state index in [0.717, 1.165) is 6.07 Å². The molecule has 0 spiro atoms. The minimum atomic E-state index is -1.27. The third-order valence-corrected chi connectivity index (χ3v) is 3.01. The number of benzene rings is 1. The van der Waals surface area contributed by atoms with Gasteiger partial charge in [0.1, 0.15) is 5.02 Å². The Kier molecular flexibility index (Phi) is 4.25. The molecule has 0 saturated heterocycles. The van der Waals surface area contributed by atoms with E-state index in [-0.39, 0.29) is 32.9 Å². The Labute approximate surface area is 127 Å². The molecule has 0 aliphatic carbocycles. The van der Waals surface area contributed by atoms with Gasteiger partial charge >= 0.3 is 11.7 Å². The zero-order valence-electron chi connectivity index (χ0n) is 10.1. The predicted molar refractivity (Wildman–Crippen MR) is 74.4 cm³/mol. The van der Waals surface area contributed by atoms with Crippen LogP contribution in [0, 0.1) is 10.1 Å². The van der Waals surface area contributed by atoms with E-state index in [1.165, 1.54) is 24.4 Å². The molecule has 21 heavy (non-hydrogen) atoms. The van der Waals surface area contributed by atoms with Crippen LogP contribution in [0.4, 0.5) is 5.69 Å². The van der Waals surface area contributed by atoms with Crippen molar-refractivity contribution >= 4 is 34.9 Å². The van der Waals surface area contributed by atoms with Gasteiger partial charge in [0.05, 0.1) is 10.5 Å². The van der Waals surface area contributed by atoms with Crippen LogP contribution < -0.4 is 4.74 Å². The molecular formula is C12H6Cl2N2O5. The van der Waals surface area contributed by atoms with Crippen molar-refractivity contribution in [3.05, 3.63) is 56.2 Å². The number of carboxylic acid groups (broad SMARTS) is 1. The van der Waals surface area contributed by atoms with Gasteiger partial charge in [-0.2, -0.15) is 0 Å². The van der Waals surface area contributed by atoms with E-state index in [4.69, 9.17) is 33.0 Å². The first-order chi connectivity index (χ1) is 9.90. The van der Waals surface area contributed by atoms with Gasteiger partial charge in [-0.05, 0) is 12.1 Å². The number of nitro benzene ring substituents is 1. The smallest absolute Gasteiger partial charge is 0.337 e. The third kappa shape index (κ3) is 3.21. The molecule has 0 aliphatic heterocycles. The van der Waals surface area contributed by atoms with Crippen molar-refractivity contribution in [1.29, 1.82) is 0 Å². The van der Waals surface area contributed by atoms with Crippen LogP contribution in [0.15, 0.2) is 30.5 Å². The normalized spacial score (nSPS) is 10.2. The lowest BCUT2D eigenvalue weighted by atomic mass is 10.2. The molecule has 9 heteroatoms. The highest BCUT2D eigenvalue weighted by atomic mass is 35.5. The van der Waals surface area contributed by atoms with Crippen molar-refractivity contribution in [2.75, 3.05) is 0 Å². The summed E-state index contributed by atoms with van der Waals surface area (Å²) in [5.41, 5.74) is -0.579. The van der Waals surface area contributed by atoms with Crippen LogP contribution in [0.2, 0.25) is 10.0 Å². The Morgan fingerprint density at radius 2 is 2.05 bits per heavy atom. The van der Waals surface area contributed by atoms with Crippen molar-refractivity contribution in [2.45, 2.75) is 0 Å². The second-order valence-corrected chi connectivity index (χ2v) is 4.57. The van der Waals surface area contributed by atoms with Crippen LogP contribution in [-0.2, 0) is 0 Å². The first-order valence-corrected chi connectivity index (χ1v) is 6.15. The Morgan fingerprint density at radius 3 is 2.67 bits per heavy atom. The molecule has 0 amide bonds. The van der Waals surface area contributed by atoms with Crippen LogP contribution in [0.5, 0.6) is 11.6 Å². The second kappa shape index (κ2) is 5.94. The summed E-state index contributed by atoms with van der Waals surface area (Å²) in [6, 6.07) is 4.89. The number of carboxylic acids is 1. The molecule has 1 aromatic carbocycles. The second-order valence-electron chi connectivity index (χ2n) is 3.75. The maximum Gasteiger partial charge on any atom is 0.337 e. The molecule has 1 N–H and O–H groups in total. The molecule has 7 nitrogen and oxygen atoms in total. The van der Waals surface area contributed by atoms with Crippen LogP contribution in [0.3, 0.4) is 0 Å². The quantitative estimate of drug-likeness (QED) is 0.676. The van der Waals surface area contributed by atoms with Gasteiger partial charge in [0, 0.05) is 23.4 Å². The highest BCUT2D eigenvalue weighted by Gasteiger charge is 2.20. The number of nitrogens with zero attached hydrogens (tertiary/aromatic N) is 2. The molecule has 1 heterocycles. The van der Waals surface area contributed by atoms with Crippen molar-refractivity contribution in [2.24, 2.45) is 0 Å². The van der Waals surface area contributed by atoms with E-state index in [2.05, 4.69) is 4.98 Å². The molecule has 0 radical (unpaired) electrons. The molecule has 1 aromatic heterocycles. The highest BCUT2D eigenvalue weighted by Crippen LogP contribution is 2.36. The Bertz CT molecular complexity index is 736. The number of rotatable bonds is 4. The molecular weight excluding hydrogens is 323 g/mol. The molecule has 0 bridgehead atoms. The lowest BCUT2D eigenvalue weighted by Gasteiger charge is -2.08. The van der Waals surface area contributed by atoms with Crippen LogP contribution >= 0.6 is 23.2 Å². The van der Waals surface area contributed by atoms with E-state index in [1.807, 2.05) is 0 Å². The van der Waals surface area contributed by atoms with Gasteiger partial charge in [0.15, 0.2) is 0 Å². The fourth-order valence-corrected chi connectivity index (χ4v) is 1.88. The standard InChI is InChI=1S/C12H6Cl2N2O5/c13-6-1-2-8(16(19)20)9(5-6)21-11-10(14)7(12(17)18)3-4-15-11/h1-5H,(H,17,18). The molecule has 0 fully saturated rings. The highest BCUT2D eigenvalue weighted by molar-refractivity contribution is 6.34. The van der Waals surface area contributed by atoms with Crippen LogP contribution in [0.25, 0.3) is 0 Å². The number of pyridine rings is 1. The monoisotopic (exact) mass is 328 g/mol. The number of carbonyl (C=O) groups is 1. The van der Waals surface area contributed by atoms with Gasteiger partial charge in [-0.1, -0.05) is 23.2 Å². The number of aromatic carboxylic acids is 1. The van der Waals surface area contributed by atoms with Crippen molar-refractivity contribution in [1.82, 2.24) is 4.98 Å². The number of nitro groups is 1. The zero-order valence-corrected chi connectivity index (χ0v) is 11.6. The summed E-state index contributed by atoms with van der Waals surface area (Å²) in [6.07, 6.45) is 1.17. The first kappa shape index (κ1) is 15.0. The van der Waals surface area contributed by atoms with E-state index >= 15 is 0 Å². The van der Waals surface area contributed by atoms with Crippen molar-refractivity contribution in [3.8, 4) is 11.6 Å². The summed E-state index contributed by atoms with van der Waals surface area (Å²) in [6.45, 7) is 0. The van der Waals surface area contributed by atoms with Gasteiger partial charge in [-0.3, -0.25) is 10.1 Å². The van der Waals surface area contributed by atoms with E-state index < -0.39 is 10.9 Å². The molecule has 2 aromatic rings. The third-order valence-electron chi connectivity index (χ3n) is 2.41. The predicted octanol–water partition coefficient (Wildman–Crippen LogP) is 3.79. The average molecular weight is 329 g/mol. The molecule has 0 atom stereocenters. The Morgan fingerprint density at radius 1 is 1.33 bits per heavy atom. The number of hydrogen-bond acceptors (Lipinski definition) is 5. The summed E-state index contributed by atoms with van der Waals surface area (Å²) in [7, 11) is 0. The fraction of sp³-hybridized carbons (Fsp3) is 0. The summed E-state index contributed by atoms with van der Waals surface area (Å²) in [5, 5.41) is 19.8. The summed E-state index contributed by atoms with van der Waals surface area (Å²) < 4.78 is 5.24. The zero-order chi connectivity index (χ0) is 15.6. The minimum Gasteiger partial charge on any atom is -0.478 e. The van der Waals surface area contributed by atoms with Gasteiger partial charge in [0.2, 0.25) is 11.6 Å². The summed E-state index contributed by atoms with van der Waals surface area (Å²) >= 11 is 11.6. The fourth-order valence-electron chi connectivity index (χ4n) is 1.49. The molecule has 2 rings (SSSR count). The first-order valence-electron chi connectivity index (χ1n) is 5.39. The molecule has 0 saturated carbocycles. The van der Waals surface area contributed by atoms with Gasteiger partial charge in [-0.15, -0.1) is 0 Å². The molecule has 108 valence electrons. The van der Waals surface area contributed by atoms with E-state index in [0.29, 0.717) is 0 Å². The van der Waals surface area contributed by atoms with Gasteiger partial charge in [-0.25, -0.2) is 9.78 Å². The summed E-state index contributed by atoms with van der Waals surface area (Å²) in [4.78, 5) is 25.0. The number of ether oxygens (including phenoxy) is 1. The van der Waals surface area contributed by atoms with Crippen LogP contribution in [0.1, 0.15) is 10.4 Å². The number of aromatic nitrogens is 1. The largest absolute Gasteiger partial charge is 0.478 e. The maximum atomic E-state index is 11.0. The van der Waals surface area contributed by atoms with Crippen molar-refractivity contribution < 1.29 is 19.6 Å². The van der Waals surface area contributed by atoms with Gasteiger partial charge < -0.3 is 9.84 Å². The molecule has 0 aliphatic rings. The summed E-state index contributed by atoms with van der Waals surface area (Å²) in [5.74, 6) is -1.72. The number of halogens is 2. The van der Waals surface area contributed by atoms with Crippen molar-refractivity contribution in [3.63, 3.8) is 0 Å². The topological polar surface area (TPSA) is 103 Å². The minimum absolute atomic E-state index is 0.190. The number of hydrogen-bond donors (Lipinski definition) is 1. The van der Waals surface area contributed by atoms with Crippen LogP contribution in [-0.4, -0.2) is 21.0 Å². The average Bonchev–Trinajstić information content (AvgIpc) is 2.40. The molecule has 0 unspecified atom stereocenters. The van der Waals surface area contributed by atoms with E-state index in [9.17, 15) is 14.9 Å². The maximum absolute atomic E-state index is 11.0. The van der Waals surface area contributed by atoms with Gasteiger partial charge in [0.25, 0.3) is 0 Å². The SMILES string of the molecule is O=C(O)c1ccnc(Oc2cc(Cl)ccc2[N+](=O)[O-])c1Cl. The Hall–Kier alpha value is -2.38. The Balaban J connectivity index is 2.48. The lowest BCUT2D eigenvalue weighted by molar-refractivity contribution is -0.385. The van der Waals surface area contributed by atoms with E-state index in [1.54, 1.807) is 0 Å². The lowest BCUT2D eigenvalue weighted by Crippen LogP contribution is -2.01.